The van der Waals surface area contributed by atoms with Crippen molar-refractivity contribution in [1.29, 1.82) is 0 Å². The van der Waals surface area contributed by atoms with Gasteiger partial charge in [-0.2, -0.15) is 13.2 Å². The van der Waals surface area contributed by atoms with Crippen LogP contribution in [0.2, 0.25) is 5.02 Å². The molecule has 2 aromatic rings. The first-order chi connectivity index (χ1) is 7.98. The summed E-state index contributed by atoms with van der Waals surface area (Å²) in [5, 5.41) is 0.465. The standard InChI is InChI=1S/C13H7ClF3/c14-12-4-2-1-3-11(12)9-5-7-10(8-6-9)13(15,16)17/h1-2,4-8H. The largest absolute Gasteiger partial charge is 0.416 e. The van der Waals surface area contributed by atoms with Gasteiger partial charge in [0.15, 0.2) is 0 Å². The Bertz CT molecular complexity index is 515. The predicted molar refractivity (Wildman–Crippen MR) is 60.7 cm³/mol. The number of halogens is 4. The van der Waals surface area contributed by atoms with Gasteiger partial charge in [0.2, 0.25) is 0 Å². The minimum absolute atomic E-state index is 0.465. The Hall–Kier alpha value is -1.48. The van der Waals surface area contributed by atoms with E-state index >= 15 is 0 Å². The van der Waals surface area contributed by atoms with Gasteiger partial charge in [0.1, 0.15) is 0 Å². The lowest BCUT2D eigenvalue weighted by Crippen LogP contribution is -2.03. The minimum atomic E-state index is -4.32. The molecule has 1 radical (unpaired) electrons. The van der Waals surface area contributed by atoms with Gasteiger partial charge in [-0.05, 0) is 29.8 Å². The van der Waals surface area contributed by atoms with Gasteiger partial charge >= 0.3 is 6.18 Å². The van der Waals surface area contributed by atoms with E-state index in [0.29, 0.717) is 16.1 Å². The Morgan fingerprint density at radius 1 is 1.00 bits per heavy atom. The zero-order valence-electron chi connectivity index (χ0n) is 8.55. The summed E-state index contributed by atoms with van der Waals surface area (Å²) >= 11 is 5.93. The van der Waals surface area contributed by atoms with Gasteiger partial charge in [-0.1, -0.05) is 35.9 Å². The van der Waals surface area contributed by atoms with Crippen LogP contribution in [0.3, 0.4) is 0 Å². The Labute approximate surface area is 102 Å². The second-order valence-electron chi connectivity index (χ2n) is 3.47. The highest BCUT2D eigenvalue weighted by Crippen LogP contribution is 2.32. The minimum Gasteiger partial charge on any atom is -0.166 e. The van der Waals surface area contributed by atoms with Crippen molar-refractivity contribution in [2.75, 3.05) is 0 Å². The SMILES string of the molecule is FC(F)(F)c1ccc(-c2[c]cccc2Cl)cc1. The van der Waals surface area contributed by atoms with Crippen LogP contribution in [0.5, 0.6) is 0 Å². The molecule has 0 bridgehead atoms. The Morgan fingerprint density at radius 2 is 1.65 bits per heavy atom. The molecule has 2 aromatic carbocycles. The lowest BCUT2D eigenvalue weighted by Gasteiger charge is -2.08. The van der Waals surface area contributed by atoms with Gasteiger partial charge in [0.05, 0.1) is 5.56 Å². The second-order valence-corrected chi connectivity index (χ2v) is 3.88. The van der Waals surface area contributed by atoms with Crippen molar-refractivity contribution in [2.45, 2.75) is 6.18 Å². The van der Waals surface area contributed by atoms with Gasteiger partial charge in [-0.15, -0.1) is 0 Å². The van der Waals surface area contributed by atoms with Crippen molar-refractivity contribution in [3.63, 3.8) is 0 Å². The topological polar surface area (TPSA) is 0 Å². The fraction of sp³-hybridized carbons (Fsp3) is 0.0769. The Balaban J connectivity index is 2.40. The summed E-state index contributed by atoms with van der Waals surface area (Å²) in [5.74, 6) is 0. The number of hydrogen-bond donors (Lipinski definition) is 0. The fourth-order valence-electron chi connectivity index (χ4n) is 1.46. The molecule has 0 saturated carbocycles. The monoisotopic (exact) mass is 255 g/mol. The smallest absolute Gasteiger partial charge is 0.166 e. The van der Waals surface area contributed by atoms with Crippen LogP contribution in [0.15, 0.2) is 42.5 Å². The van der Waals surface area contributed by atoms with E-state index in [0.717, 1.165) is 12.1 Å². The van der Waals surface area contributed by atoms with Gasteiger partial charge in [0, 0.05) is 10.6 Å². The average Bonchev–Trinajstić information content (AvgIpc) is 2.29. The van der Waals surface area contributed by atoms with Gasteiger partial charge in [0.25, 0.3) is 0 Å². The fourth-order valence-corrected chi connectivity index (χ4v) is 1.70. The maximum absolute atomic E-state index is 12.4. The Kier molecular flexibility index (Phi) is 3.11. The van der Waals surface area contributed by atoms with E-state index in [-0.39, 0.29) is 0 Å². The van der Waals surface area contributed by atoms with Crippen molar-refractivity contribution in [3.8, 4) is 11.1 Å². The molecule has 0 aliphatic heterocycles. The zero-order valence-corrected chi connectivity index (χ0v) is 9.31. The third-order valence-electron chi connectivity index (χ3n) is 2.31. The highest BCUT2D eigenvalue weighted by atomic mass is 35.5. The molecule has 0 heterocycles. The van der Waals surface area contributed by atoms with Crippen LogP contribution in [0.25, 0.3) is 11.1 Å². The van der Waals surface area contributed by atoms with Crippen LogP contribution in [-0.2, 0) is 6.18 Å². The van der Waals surface area contributed by atoms with Crippen LogP contribution in [0, 0.1) is 6.07 Å². The molecule has 0 N–H and O–H groups in total. The second kappa shape index (κ2) is 4.41. The van der Waals surface area contributed by atoms with Crippen LogP contribution < -0.4 is 0 Å². The summed E-state index contributed by atoms with van der Waals surface area (Å²) < 4.78 is 37.1. The Morgan fingerprint density at radius 3 is 2.18 bits per heavy atom. The summed E-state index contributed by atoms with van der Waals surface area (Å²) in [5.41, 5.74) is 0.541. The normalized spacial score (nSPS) is 11.5. The molecule has 0 aromatic heterocycles. The highest BCUT2D eigenvalue weighted by molar-refractivity contribution is 6.33. The van der Waals surface area contributed by atoms with E-state index in [1.165, 1.54) is 12.1 Å². The number of alkyl halides is 3. The maximum atomic E-state index is 12.4. The third kappa shape index (κ3) is 2.61. The molecule has 0 saturated heterocycles. The molecule has 4 heteroatoms. The predicted octanol–water partition coefficient (Wildman–Crippen LogP) is 4.83. The van der Waals surface area contributed by atoms with E-state index in [4.69, 9.17) is 11.6 Å². The van der Waals surface area contributed by atoms with Crippen LogP contribution in [0.4, 0.5) is 13.2 Å². The van der Waals surface area contributed by atoms with E-state index in [1.54, 1.807) is 18.2 Å². The first-order valence-electron chi connectivity index (χ1n) is 4.82. The highest BCUT2D eigenvalue weighted by Gasteiger charge is 2.29. The molecular weight excluding hydrogens is 249 g/mol. The molecule has 0 aliphatic carbocycles. The molecule has 87 valence electrons. The van der Waals surface area contributed by atoms with Crippen molar-refractivity contribution < 1.29 is 13.2 Å². The first-order valence-corrected chi connectivity index (χ1v) is 5.20. The molecule has 0 aliphatic rings. The van der Waals surface area contributed by atoms with Crippen LogP contribution in [0.1, 0.15) is 5.56 Å². The lowest BCUT2D eigenvalue weighted by atomic mass is 10.0. The molecule has 0 amide bonds. The number of rotatable bonds is 1. The van der Waals surface area contributed by atoms with Crippen molar-refractivity contribution in [2.24, 2.45) is 0 Å². The molecule has 17 heavy (non-hydrogen) atoms. The summed E-state index contributed by atoms with van der Waals surface area (Å²) in [6, 6.07) is 12.8. The summed E-state index contributed by atoms with van der Waals surface area (Å²) in [6.07, 6.45) is -4.32. The molecule has 0 nitrogen and oxygen atoms in total. The first kappa shape index (κ1) is 12.0. The van der Waals surface area contributed by atoms with Crippen molar-refractivity contribution in [1.82, 2.24) is 0 Å². The van der Waals surface area contributed by atoms with E-state index < -0.39 is 11.7 Å². The third-order valence-corrected chi connectivity index (χ3v) is 2.62. The van der Waals surface area contributed by atoms with Crippen molar-refractivity contribution in [3.05, 3.63) is 59.1 Å². The number of benzene rings is 2. The zero-order chi connectivity index (χ0) is 12.5. The van der Waals surface area contributed by atoms with E-state index in [9.17, 15) is 13.2 Å². The van der Waals surface area contributed by atoms with Crippen LogP contribution in [-0.4, -0.2) is 0 Å². The molecule has 2 rings (SSSR count). The average molecular weight is 256 g/mol. The summed E-state index contributed by atoms with van der Waals surface area (Å²) in [4.78, 5) is 0. The molecule has 0 fully saturated rings. The van der Waals surface area contributed by atoms with Gasteiger partial charge in [-0.25, -0.2) is 0 Å². The summed E-state index contributed by atoms with van der Waals surface area (Å²) in [7, 11) is 0. The van der Waals surface area contributed by atoms with Gasteiger partial charge < -0.3 is 0 Å². The maximum Gasteiger partial charge on any atom is 0.416 e. The lowest BCUT2D eigenvalue weighted by molar-refractivity contribution is -0.137. The molecular formula is C13H7ClF3. The molecule has 0 unspecified atom stereocenters. The number of hydrogen-bond acceptors (Lipinski definition) is 0. The quantitative estimate of drug-likeness (QED) is 0.685. The van der Waals surface area contributed by atoms with Crippen LogP contribution >= 0.6 is 11.6 Å². The summed E-state index contributed by atoms with van der Waals surface area (Å²) in [6.45, 7) is 0. The molecule has 0 spiro atoms. The van der Waals surface area contributed by atoms with Crippen molar-refractivity contribution >= 4 is 11.6 Å². The van der Waals surface area contributed by atoms with E-state index in [2.05, 4.69) is 6.07 Å². The van der Waals surface area contributed by atoms with Gasteiger partial charge in [-0.3, -0.25) is 0 Å². The molecule has 0 atom stereocenters. The van der Waals surface area contributed by atoms with E-state index in [1.807, 2.05) is 0 Å².